The molecule has 3 aliphatic rings. The van der Waals surface area contributed by atoms with Crippen LogP contribution >= 0.6 is 0 Å². The van der Waals surface area contributed by atoms with Gasteiger partial charge < -0.3 is 30.9 Å². The second-order valence-corrected chi connectivity index (χ2v) is 12.7. The Morgan fingerprint density at radius 2 is 1.61 bits per heavy atom. The van der Waals surface area contributed by atoms with Crippen molar-refractivity contribution in [1.29, 1.82) is 0 Å². The molecular formula is C35H49N5O4. The van der Waals surface area contributed by atoms with Crippen LogP contribution in [0, 0.1) is 0 Å². The third-order valence-corrected chi connectivity index (χ3v) is 9.33. The molecule has 2 saturated heterocycles. The van der Waals surface area contributed by atoms with Gasteiger partial charge in [-0.15, -0.1) is 0 Å². The highest BCUT2D eigenvalue weighted by Gasteiger charge is 2.28. The van der Waals surface area contributed by atoms with Crippen LogP contribution in [-0.2, 0) is 16.0 Å². The zero-order valence-electron chi connectivity index (χ0n) is 26.1. The second-order valence-electron chi connectivity index (χ2n) is 12.7. The van der Waals surface area contributed by atoms with Gasteiger partial charge in [0.1, 0.15) is 0 Å². The molecule has 3 atom stereocenters. The molecule has 2 aliphatic heterocycles. The van der Waals surface area contributed by atoms with E-state index in [1.165, 1.54) is 12.8 Å². The van der Waals surface area contributed by atoms with Crippen molar-refractivity contribution in [3.63, 3.8) is 0 Å². The van der Waals surface area contributed by atoms with E-state index in [-0.39, 0.29) is 30.3 Å². The first-order valence-corrected chi connectivity index (χ1v) is 16.6. The predicted octanol–water partition coefficient (Wildman–Crippen LogP) is 3.93. The molecule has 9 nitrogen and oxygen atoms in total. The molecule has 0 aromatic heterocycles. The van der Waals surface area contributed by atoms with Gasteiger partial charge in [0.25, 0.3) is 5.91 Å². The van der Waals surface area contributed by atoms with Gasteiger partial charge in [-0.1, -0.05) is 49.6 Å². The molecular weight excluding hydrogens is 554 g/mol. The Hall–Kier alpha value is -3.43. The number of piperidine rings is 1. The number of hydrogen-bond acceptors (Lipinski definition) is 6. The Balaban J connectivity index is 1.30. The van der Waals surface area contributed by atoms with E-state index in [0.717, 1.165) is 75.0 Å². The molecule has 238 valence electrons. The molecule has 44 heavy (non-hydrogen) atoms. The van der Waals surface area contributed by atoms with E-state index in [2.05, 4.69) is 20.9 Å². The van der Waals surface area contributed by atoms with Gasteiger partial charge in [0.2, 0.25) is 11.8 Å². The maximum atomic E-state index is 13.9. The zero-order valence-corrected chi connectivity index (χ0v) is 26.1. The topological polar surface area (TPSA) is 114 Å². The van der Waals surface area contributed by atoms with E-state index in [1.54, 1.807) is 11.0 Å². The highest BCUT2D eigenvalue weighted by Crippen LogP contribution is 2.30. The van der Waals surface area contributed by atoms with Gasteiger partial charge in [-0.2, -0.15) is 0 Å². The molecule has 1 saturated carbocycles. The van der Waals surface area contributed by atoms with Crippen molar-refractivity contribution in [1.82, 2.24) is 16.0 Å². The van der Waals surface area contributed by atoms with Crippen LogP contribution in [0.25, 0.3) is 0 Å². The smallest absolute Gasteiger partial charge is 0.251 e. The number of rotatable bonds is 12. The summed E-state index contributed by atoms with van der Waals surface area (Å²) in [5, 5.41) is 20.8. The molecule has 3 fully saturated rings. The molecule has 2 aromatic carbocycles. The van der Waals surface area contributed by atoms with Crippen LogP contribution in [0.2, 0.25) is 0 Å². The Bertz CT molecular complexity index is 1260. The van der Waals surface area contributed by atoms with E-state index >= 15 is 0 Å². The highest BCUT2D eigenvalue weighted by molar-refractivity contribution is 6.00. The van der Waals surface area contributed by atoms with Gasteiger partial charge in [0.05, 0.1) is 18.2 Å². The fraction of sp³-hybridized carbons (Fsp3) is 0.571. The summed E-state index contributed by atoms with van der Waals surface area (Å²) in [4.78, 5) is 43.4. The minimum absolute atomic E-state index is 0.0636. The number of anilines is 2. The summed E-state index contributed by atoms with van der Waals surface area (Å²) < 4.78 is 0. The number of carbonyl (C=O) groups excluding carboxylic acids is 3. The lowest BCUT2D eigenvalue weighted by atomic mass is 9.95. The zero-order chi connectivity index (χ0) is 30.9. The Morgan fingerprint density at radius 1 is 0.909 bits per heavy atom. The summed E-state index contributed by atoms with van der Waals surface area (Å²) in [6.45, 7) is 4.45. The highest BCUT2D eigenvalue weighted by atomic mass is 16.3. The SMILES string of the molecule is C[C@H](NC[C@@H](O)[C@H](Cc1ccccc1)NC(=O)c1cc(N2CCCCC2)cc(N2CCCC2=O)c1)C(=O)NC1CCCCC1. The van der Waals surface area contributed by atoms with Gasteiger partial charge in [0.15, 0.2) is 0 Å². The molecule has 2 aromatic rings. The quantitative estimate of drug-likeness (QED) is 0.292. The number of nitrogens with zero attached hydrogens (tertiary/aromatic N) is 2. The van der Waals surface area contributed by atoms with Crippen molar-refractivity contribution in [3.8, 4) is 0 Å². The Labute approximate surface area is 261 Å². The summed E-state index contributed by atoms with van der Waals surface area (Å²) >= 11 is 0. The van der Waals surface area contributed by atoms with Crippen molar-refractivity contribution >= 4 is 29.1 Å². The number of aliphatic hydroxyl groups is 1. The van der Waals surface area contributed by atoms with Crippen LogP contribution in [0.1, 0.15) is 87.1 Å². The molecule has 2 heterocycles. The number of amides is 3. The largest absolute Gasteiger partial charge is 0.390 e. The minimum atomic E-state index is -0.936. The molecule has 0 unspecified atom stereocenters. The molecule has 1 aliphatic carbocycles. The van der Waals surface area contributed by atoms with Gasteiger partial charge >= 0.3 is 0 Å². The fourth-order valence-electron chi connectivity index (χ4n) is 6.65. The molecule has 3 amide bonds. The number of benzene rings is 2. The molecule has 9 heteroatoms. The average molecular weight is 604 g/mol. The van der Waals surface area contributed by atoms with Crippen LogP contribution in [-0.4, -0.2) is 73.2 Å². The van der Waals surface area contributed by atoms with Crippen LogP contribution in [0.3, 0.4) is 0 Å². The van der Waals surface area contributed by atoms with Crippen molar-refractivity contribution in [3.05, 3.63) is 59.7 Å². The third-order valence-electron chi connectivity index (χ3n) is 9.33. The first-order valence-electron chi connectivity index (χ1n) is 16.6. The average Bonchev–Trinajstić information content (AvgIpc) is 3.50. The molecule has 4 N–H and O–H groups in total. The van der Waals surface area contributed by atoms with Crippen molar-refractivity contribution in [2.75, 3.05) is 36.0 Å². The van der Waals surface area contributed by atoms with Gasteiger partial charge in [0, 0.05) is 55.6 Å². The summed E-state index contributed by atoms with van der Waals surface area (Å²) in [7, 11) is 0. The van der Waals surface area contributed by atoms with Gasteiger partial charge in [-0.3, -0.25) is 14.4 Å². The van der Waals surface area contributed by atoms with E-state index in [4.69, 9.17) is 0 Å². The first kappa shape index (κ1) is 32.0. The minimum Gasteiger partial charge on any atom is -0.390 e. The lowest BCUT2D eigenvalue weighted by Crippen LogP contribution is -2.53. The number of hydrogen-bond donors (Lipinski definition) is 4. The maximum absolute atomic E-state index is 13.9. The second kappa shape index (κ2) is 15.5. The van der Waals surface area contributed by atoms with Crippen LogP contribution < -0.4 is 25.8 Å². The van der Waals surface area contributed by atoms with Crippen molar-refractivity contribution < 1.29 is 19.5 Å². The number of nitrogens with one attached hydrogen (secondary N) is 3. The summed E-state index contributed by atoms with van der Waals surface area (Å²) in [5.41, 5.74) is 3.17. The monoisotopic (exact) mass is 603 g/mol. The van der Waals surface area contributed by atoms with Crippen molar-refractivity contribution in [2.24, 2.45) is 0 Å². The van der Waals surface area contributed by atoms with E-state index in [9.17, 15) is 19.5 Å². The Kier molecular flexibility index (Phi) is 11.3. The van der Waals surface area contributed by atoms with Gasteiger partial charge in [-0.25, -0.2) is 0 Å². The van der Waals surface area contributed by atoms with Crippen molar-refractivity contribution in [2.45, 2.75) is 102 Å². The van der Waals surface area contributed by atoms with E-state index in [0.29, 0.717) is 24.9 Å². The maximum Gasteiger partial charge on any atom is 0.251 e. The number of aliphatic hydroxyl groups excluding tert-OH is 1. The lowest BCUT2D eigenvalue weighted by molar-refractivity contribution is -0.123. The molecule has 5 rings (SSSR count). The molecule has 0 radical (unpaired) electrons. The Morgan fingerprint density at radius 3 is 2.32 bits per heavy atom. The third kappa shape index (κ3) is 8.60. The van der Waals surface area contributed by atoms with E-state index in [1.807, 2.05) is 49.4 Å². The summed E-state index contributed by atoms with van der Waals surface area (Å²) in [6, 6.07) is 14.7. The van der Waals surface area contributed by atoms with Crippen LogP contribution in [0.4, 0.5) is 11.4 Å². The van der Waals surface area contributed by atoms with Crippen LogP contribution in [0.15, 0.2) is 48.5 Å². The first-order chi connectivity index (χ1) is 21.4. The lowest BCUT2D eigenvalue weighted by Gasteiger charge is -2.31. The van der Waals surface area contributed by atoms with Gasteiger partial charge in [-0.05, 0) is 75.6 Å². The summed E-state index contributed by atoms with van der Waals surface area (Å²) in [5.74, 6) is -0.275. The van der Waals surface area contributed by atoms with Crippen LogP contribution in [0.5, 0.6) is 0 Å². The normalized spacial score (nSPS) is 19.8. The molecule has 0 spiro atoms. The standard InChI is InChI=1S/C35H49N5O4/c1-25(34(43)37-28-14-7-3-8-15-28)36-24-32(41)31(20-26-12-5-2-6-13-26)38-35(44)27-21-29(39-17-9-4-10-18-39)23-30(22-27)40-19-11-16-33(40)42/h2,5-6,12-13,21-23,25,28,31-32,36,41H,3-4,7-11,14-20,24H2,1H3,(H,37,43)(H,38,44)/t25-,31-,32+/m0/s1. The fourth-order valence-corrected chi connectivity index (χ4v) is 6.65. The molecule has 0 bridgehead atoms. The summed E-state index contributed by atoms with van der Waals surface area (Å²) in [6.07, 6.45) is 9.76. The number of carbonyl (C=O) groups is 3. The predicted molar refractivity (Wildman–Crippen MR) is 174 cm³/mol. The van der Waals surface area contributed by atoms with E-state index < -0.39 is 18.2 Å².